The molecule has 3 aliphatic rings. The third-order valence-corrected chi connectivity index (χ3v) is 7.80. The lowest BCUT2D eigenvalue weighted by molar-refractivity contribution is -0.141. The van der Waals surface area contributed by atoms with E-state index in [0.717, 1.165) is 25.7 Å². The van der Waals surface area contributed by atoms with Gasteiger partial charge in [-0.3, -0.25) is 19.1 Å². The molecule has 3 amide bonds. The second-order valence-electron chi connectivity index (χ2n) is 10.2. The zero-order valence-corrected chi connectivity index (χ0v) is 19.1. The van der Waals surface area contributed by atoms with Crippen molar-refractivity contribution in [2.24, 2.45) is 17.3 Å². The van der Waals surface area contributed by atoms with Gasteiger partial charge >= 0.3 is 0 Å². The van der Waals surface area contributed by atoms with Gasteiger partial charge in [0.1, 0.15) is 22.6 Å². The molecule has 2 saturated carbocycles. The Morgan fingerprint density at radius 3 is 2.34 bits per heavy atom. The van der Waals surface area contributed by atoms with Crippen molar-refractivity contribution in [2.45, 2.75) is 90.0 Å². The summed E-state index contributed by atoms with van der Waals surface area (Å²) in [7, 11) is -1.38. The van der Waals surface area contributed by atoms with Crippen molar-refractivity contribution in [3.05, 3.63) is 0 Å². The van der Waals surface area contributed by atoms with Gasteiger partial charge in [-0.2, -0.15) is 0 Å². The van der Waals surface area contributed by atoms with E-state index in [-0.39, 0.29) is 40.2 Å². The van der Waals surface area contributed by atoms with Crippen molar-refractivity contribution in [1.82, 2.24) is 14.9 Å². The van der Waals surface area contributed by atoms with Crippen LogP contribution in [0.3, 0.4) is 0 Å². The summed E-state index contributed by atoms with van der Waals surface area (Å²) >= 11 is 0. The average Bonchev–Trinajstić information content (AvgIpc) is 3.51. The Kier molecular flexibility index (Phi) is 6.14. The maximum absolute atomic E-state index is 13.2. The Balaban J connectivity index is 1.70. The highest BCUT2D eigenvalue weighted by molar-refractivity contribution is 7.84. The fourth-order valence-corrected chi connectivity index (χ4v) is 5.43. The third kappa shape index (κ3) is 4.84. The van der Waals surface area contributed by atoms with Crippen LogP contribution in [0.25, 0.3) is 0 Å². The zero-order chi connectivity index (χ0) is 21.6. The molecule has 3 rings (SSSR count). The van der Waals surface area contributed by atoms with E-state index in [2.05, 4.69) is 10.0 Å². The molecule has 29 heavy (non-hydrogen) atoms. The quantitative estimate of drug-likeness (QED) is 0.651. The standard InChI is InChI=1S/C21H35N3O4S/c1-6-14-11-21(14,19(27)23-29(28)15-7-8-15)22-18(26)17-13(2)9-10-24(17)16(25)12-20(3,4)5/h13-15,17H,6-12H2,1-5H3,(H,22,26)(H,23,27). The minimum atomic E-state index is -1.38. The van der Waals surface area contributed by atoms with E-state index < -0.39 is 22.6 Å². The highest BCUT2D eigenvalue weighted by atomic mass is 32.2. The van der Waals surface area contributed by atoms with Crippen molar-refractivity contribution in [1.29, 1.82) is 0 Å². The van der Waals surface area contributed by atoms with Gasteiger partial charge in [-0.25, -0.2) is 4.21 Å². The molecule has 2 N–H and O–H groups in total. The first-order chi connectivity index (χ1) is 13.5. The van der Waals surface area contributed by atoms with Gasteiger partial charge < -0.3 is 10.2 Å². The lowest BCUT2D eigenvalue weighted by Crippen LogP contribution is -2.57. The molecule has 0 radical (unpaired) electrons. The Labute approximate surface area is 176 Å². The summed E-state index contributed by atoms with van der Waals surface area (Å²) in [6, 6.07) is -0.554. The molecule has 1 saturated heterocycles. The van der Waals surface area contributed by atoms with Gasteiger partial charge in [-0.05, 0) is 42.9 Å². The van der Waals surface area contributed by atoms with Crippen molar-refractivity contribution < 1.29 is 18.6 Å². The molecule has 8 heteroatoms. The SMILES string of the molecule is CCC1CC1(NC(=O)C1C(C)CCN1C(=O)CC(C)(C)C)C(=O)NS(=O)C1CC1. The van der Waals surface area contributed by atoms with Crippen molar-refractivity contribution in [3.8, 4) is 0 Å². The minimum Gasteiger partial charge on any atom is -0.340 e. The fraction of sp³-hybridized carbons (Fsp3) is 0.857. The highest BCUT2D eigenvalue weighted by Gasteiger charge is 2.61. The van der Waals surface area contributed by atoms with Gasteiger partial charge in [0.2, 0.25) is 11.8 Å². The maximum atomic E-state index is 13.2. The monoisotopic (exact) mass is 425 g/mol. The number of nitrogens with zero attached hydrogens (tertiary/aromatic N) is 1. The van der Waals surface area contributed by atoms with Gasteiger partial charge in [0, 0.05) is 13.0 Å². The van der Waals surface area contributed by atoms with Crippen LogP contribution in [-0.4, -0.2) is 50.2 Å². The molecule has 0 aromatic carbocycles. The van der Waals surface area contributed by atoms with E-state index >= 15 is 0 Å². The van der Waals surface area contributed by atoms with Crippen molar-refractivity contribution in [2.75, 3.05) is 6.54 Å². The summed E-state index contributed by atoms with van der Waals surface area (Å²) < 4.78 is 14.8. The number of hydrogen-bond donors (Lipinski definition) is 2. The number of hydrogen-bond acceptors (Lipinski definition) is 4. The molecule has 0 spiro atoms. The molecule has 3 fully saturated rings. The van der Waals surface area contributed by atoms with Crippen LogP contribution in [0, 0.1) is 17.3 Å². The van der Waals surface area contributed by atoms with E-state index in [1.807, 2.05) is 34.6 Å². The van der Waals surface area contributed by atoms with Crippen LogP contribution in [0.5, 0.6) is 0 Å². The molecule has 5 unspecified atom stereocenters. The van der Waals surface area contributed by atoms with E-state index in [1.54, 1.807) is 4.90 Å². The second kappa shape index (κ2) is 8.00. The van der Waals surface area contributed by atoms with Crippen molar-refractivity contribution >= 4 is 28.7 Å². The van der Waals surface area contributed by atoms with Gasteiger partial charge in [0.25, 0.3) is 5.91 Å². The summed E-state index contributed by atoms with van der Waals surface area (Å²) in [5.41, 5.74) is -1.14. The number of carbonyl (C=O) groups excluding carboxylic acids is 3. The molecule has 164 valence electrons. The normalized spacial score (nSPS) is 32.6. The van der Waals surface area contributed by atoms with Crippen LogP contribution in [0.1, 0.15) is 73.1 Å². The summed E-state index contributed by atoms with van der Waals surface area (Å²) in [5.74, 6) is -0.545. The van der Waals surface area contributed by atoms with E-state index in [4.69, 9.17) is 0 Å². The van der Waals surface area contributed by atoms with Crippen molar-refractivity contribution in [3.63, 3.8) is 0 Å². The molecule has 7 nitrogen and oxygen atoms in total. The largest absolute Gasteiger partial charge is 0.340 e. The Morgan fingerprint density at radius 1 is 1.17 bits per heavy atom. The smallest absolute Gasteiger partial charge is 0.257 e. The number of nitrogens with one attached hydrogen (secondary N) is 2. The van der Waals surface area contributed by atoms with E-state index in [1.165, 1.54) is 0 Å². The molecule has 2 aliphatic carbocycles. The maximum Gasteiger partial charge on any atom is 0.257 e. The van der Waals surface area contributed by atoms with E-state index in [9.17, 15) is 18.6 Å². The van der Waals surface area contributed by atoms with Gasteiger partial charge in [-0.1, -0.05) is 41.0 Å². The summed E-state index contributed by atoms with van der Waals surface area (Å²) in [6.07, 6.45) is 4.21. The predicted molar refractivity (Wildman–Crippen MR) is 112 cm³/mol. The topological polar surface area (TPSA) is 95.6 Å². The molecule has 5 atom stereocenters. The number of carbonyl (C=O) groups is 3. The zero-order valence-electron chi connectivity index (χ0n) is 18.2. The van der Waals surface area contributed by atoms with Crippen LogP contribution >= 0.6 is 0 Å². The number of rotatable bonds is 7. The average molecular weight is 426 g/mol. The molecule has 0 bridgehead atoms. The summed E-state index contributed by atoms with van der Waals surface area (Å²) in [5, 5.41) is 3.02. The molecule has 0 aromatic heterocycles. The number of amides is 3. The molecular formula is C21H35N3O4S. The lowest BCUT2D eigenvalue weighted by atomic mass is 9.91. The fourth-order valence-electron chi connectivity index (χ4n) is 4.33. The first-order valence-corrected chi connectivity index (χ1v) is 12.0. The Hall–Kier alpha value is -1.44. The van der Waals surface area contributed by atoms with Gasteiger partial charge in [-0.15, -0.1) is 0 Å². The van der Waals surface area contributed by atoms with Gasteiger partial charge in [0.05, 0.1) is 5.25 Å². The second-order valence-corrected chi connectivity index (χ2v) is 11.7. The summed E-state index contributed by atoms with van der Waals surface area (Å²) in [6.45, 7) is 10.6. The predicted octanol–water partition coefficient (Wildman–Crippen LogP) is 1.89. The molecule has 0 aromatic rings. The number of likely N-dealkylation sites (tertiary alicyclic amines) is 1. The third-order valence-electron chi connectivity index (χ3n) is 6.34. The van der Waals surface area contributed by atoms with Crippen LogP contribution in [0.4, 0.5) is 0 Å². The molecule has 1 heterocycles. The van der Waals surface area contributed by atoms with Crippen LogP contribution in [-0.2, 0) is 25.4 Å². The summed E-state index contributed by atoms with van der Waals surface area (Å²) in [4.78, 5) is 40.6. The Morgan fingerprint density at radius 2 is 1.83 bits per heavy atom. The van der Waals surface area contributed by atoms with E-state index in [0.29, 0.717) is 19.4 Å². The molecular weight excluding hydrogens is 390 g/mol. The first-order valence-electron chi connectivity index (χ1n) is 10.8. The molecule has 1 aliphatic heterocycles. The lowest BCUT2D eigenvalue weighted by Gasteiger charge is -2.30. The van der Waals surface area contributed by atoms with Crippen LogP contribution in [0.2, 0.25) is 0 Å². The van der Waals surface area contributed by atoms with Crippen LogP contribution in [0.15, 0.2) is 0 Å². The Bertz CT molecular complexity index is 715. The highest BCUT2D eigenvalue weighted by Crippen LogP contribution is 2.46. The minimum absolute atomic E-state index is 0.0156. The first kappa shape index (κ1) is 22.2. The van der Waals surface area contributed by atoms with Gasteiger partial charge in [0.15, 0.2) is 0 Å². The van der Waals surface area contributed by atoms with Crippen LogP contribution < -0.4 is 10.0 Å².